The van der Waals surface area contributed by atoms with Gasteiger partial charge < -0.3 is 21.0 Å². The van der Waals surface area contributed by atoms with Crippen LogP contribution in [0.1, 0.15) is 26.5 Å². The molecular weight excluding hydrogens is 280 g/mol. The standard InChI is InChI=1S/C12H12N4O5/c1-19-16-10(11(14)17)9(15-21-16)6-20-12(18)7-4-2-3-5-8(7)13/h2-5H,6H2,1H3,(H3-,13,14,17,18)/p+1. The smallest absolute Gasteiger partial charge is 0.340 e. The number of hydrogen-bond donors (Lipinski definition) is 2. The van der Waals surface area contributed by atoms with E-state index in [1.165, 1.54) is 13.2 Å². The monoisotopic (exact) mass is 293 g/mol. The number of hydrogen-bond acceptors (Lipinski definition) is 7. The fourth-order valence-corrected chi connectivity index (χ4v) is 1.62. The summed E-state index contributed by atoms with van der Waals surface area (Å²) in [4.78, 5) is 28.6. The van der Waals surface area contributed by atoms with Crippen LogP contribution < -0.4 is 21.2 Å². The number of amides is 1. The summed E-state index contributed by atoms with van der Waals surface area (Å²) < 4.78 is 9.72. The molecule has 0 aliphatic carbocycles. The van der Waals surface area contributed by atoms with Crippen molar-refractivity contribution < 1.29 is 28.7 Å². The van der Waals surface area contributed by atoms with Crippen LogP contribution in [-0.4, -0.2) is 24.1 Å². The van der Waals surface area contributed by atoms with E-state index in [2.05, 4.69) is 5.16 Å². The van der Waals surface area contributed by atoms with Gasteiger partial charge in [0.05, 0.1) is 5.56 Å². The summed E-state index contributed by atoms with van der Waals surface area (Å²) in [6.07, 6.45) is 0. The van der Waals surface area contributed by atoms with Crippen LogP contribution in [0, 0.1) is 0 Å². The van der Waals surface area contributed by atoms with Crippen molar-refractivity contribution in [2.24, 2.45) is 5.73 Å². The van der Waals surface area contributed by atoms with E-state index in [0.717, 1.165) is 4.90 Å². The fourth-order valence-electron chi connectivity index (χ4n) is 1.62. The van der Waals surface area contributed by atoms with Gasteiger partial charge in [-0.05, 0) is 16.8 Å². The molecule has 0 unspecified atom stereocenters. The summed E-state index contributed by atoms with van der Waals surface area (Å²) in [5.41, 5.74) is 11.2. The van der Waals surface area contributed by atoms with Crippen molar-refractivity contribution in [1.29, 1.82) is 0 Å². The Labute approximate surface area is 118 Å². The van der Waals surface area contributed by atoms with Crippen molar-refractivity contribution >= 4 is 17.6 Å². The molecule has 0 atom stereocenters. The molecule has 2 rings (SSSR count). The molecule has 0 bridgehead atoms. The fraction of sp³-hybridized carbons (Fsp3) is 0.167. The van der Waals surface area contributed by atoms with E-state index in [0.29, 0.717) is 0 Å². The summed E-state index contributed by atoms with van der Waals surface area (Å²) in [5.74, 6) is -1.49. The van der Waals surface area contributed by atoms with E-state index in [9.17, 15) is 9.59 Å². The highest BCUT2D eigenvalue weighted by Gasteiger charge is 2.31. The number of carbonyl (C=O) groups is 2. The third kappa shape index (κ3) is 2.91. The second-order valence-corrected chi connectivity index (χ2v) is 3.94. The van der Waals surface area contributed by atoms with Gasteiger partial charge in [0.25, 0.3) is 5.69 Å². The van der Waals surface area contributed by atoms with E-state index < -0.39 is 11.9 Å². The number of rotatable bonds is 5. The Kier molecular flexibility index (Phi) is 4.02. The van der Waals surface area contributed by atoms with Gasteiger partial charge in [0.1, 0.15) is 12.0 Å². The Bertz CT molecular complexity index is 682. The van der Waals surface area contributed by atoms with Crippen LogP contribution in [0.4, 0.5) is 5.69 Å². The molecule has 110 valence electrons. The molecule has 1 amide bonds. The van der Waals surface area contributed by atoms with Gasteiger partial charge in [0.2, 0.25) is 0 Å². The number of ether oxygens (including phenoxy) is 1. The van der Waals surface area contributed by atoms with Crippen LogP contribution >= 0.6 is 0 Å². The number of nitrogens with two attached hydrogens (primary N) is 2. The van der Waals surface area contributed by atoms with E-state index in [-0.39, 0.29) is 29.2 Å². The Morgan fingerprint density at radius 2 is 2.10 bits per heavy atom. The predicted octanol–water partition coefficient (Wildman–Crippen LogP) is -0.941. The maximum atomic E-state index is 11.9. The first-order valence-corrected chi connectivity index (χ1v) is 5.81. The molecule has 4 N–H and O–H groups in total. The molecule has 0 aliphatic heterocycles. The molecule has 0 saturated heterocycles. The molecule has 2 aromatic rings. The van der Waals surface area contributed by atoms with Crippen LogP contribution in [0.5, 0.6) is 0 Å². The number of aromatic nitrogens is 2. The molecule has 0 aliphatic rings. The first-order valence-electron chi connectivity index (χ1n) is 5.81. The number of primary amides is 1. The van der Waals surface area contributed by atoms with Gasteiger partial charge in [-0.1, -0.05) is 12.1 Å². The first-order chi connectivity index (χ1) is 10.0. The second kappa shape index (κ2) is 5.90. The van der Waals surface area contributed by atoms with Crippen molar-refractivity contribution in [2.75, 3.05) is 12.8 Å². The van der Waals surface area contributed by atoms with E-state index in [1.54, 1.807) is 18.2 Å². The van der Waals surface area contributed by atoms with Gasteiger partial charge >= 0.3 is 17.6 Å². The van der Waals surface area contributed by atoms with Crippen molar-refractivity contribution in [2.45, 2.75) is 6.61 Å². The molecule has 0 spiro atoms. The van der Waals surface area contributed by atoms with Gasteiger partial charge in [-0.15, -0.1) is 0 Å². The molecule has 1 aromatic heterocycles. The number of carbonyl (C=O) groups excluding carboxylic acids is 2. The van der Waals surface area contributed by atoms with E-state index >= 15 is 0 Å². The van der Waals surface area contributed by atoms with Crippen LogP contribution in [0.2, 0.25) is 0 Å². The molecule has 1 heterocycles. The highest BCUT2D eigenvalue weighted by molar-refractivity contribution is 5.95. The summed E-state index contributed by atoms with van der Waals surface area (Å²) in [6, 6.07) is 6.43. The minimum absolute atomic E-state index is 0.0344. The summed E-state index contributed by atoms with van der Waals surface area (Å²) >= 11 is 0. The lowest BCUT2D eigenvalue weighted by Gasteiger charge is -2.03. The van der Waals surface area contributed by atoms with Crippen molar-refractivity contribution in [1.82, 2.24) is 5.16 Å². The molecule has 21 heavy (non-hydrogen) atoms. The molecule has 0 fully saturated rings. The van der Waals surface area contributed by atoms with Crippen LogP contribution in [0.3, 0.4) is 0 Å². The molecule has 0 radical (unpaired) electrons. The quantitative estimate of drug-likeness (QED) is 0.536. The first kappa shape index (κ1) is 14.3. The molecular formula is C12H13N4O5+. The number of nitrogen functional groups attached to an aromatic ring is 1. The average Bonchev–Trinajstić information content (AvgIpc) is 2.88. The number of anilines is 1. The van der Waals surface area contributed by atoms with Crippen molar-refractivity contribution in [3.8, 4) is 0 Å². The molecule has 1 aromatic carbocycles. The van der Waals surface area contributed by atoms with Gasteiger partial charge in [-0.3, -0.25) is 4.79 Å². The minimum Gasteiger partial charge on any atom is -0.453 e. The van der Waals surface area contributed by atoms with Crippen molar-refractivity contribution in [3.05, 3.63) is 41.2 Å². The Balaban J connectivity index is 2.14. The van der Waals surface area contributed by atoms with Crippen molar-refractivity contribution in [3.63, 3.8) is 0 Å². The van der Waals surface area contributed by atoms with Crippen LogP contribution in [0.15, 0.2) is 28.9 Å². The molecule has 9 nitrogen and oxygen atoms in total. The Hall–Kier alpha value is -3.10. The topological polar surface area (TPSA) is 135 Å². The summed E-state index contributed by atoms with van der Waals surface area (Å²) in [6.45, 7) is -0.314. The second-order valence-electron chi connectivity index (χ2n) is 3.94. The third-order valence-corrected chi connectivity index (χ3v) is 2.60. The summed E-state index contributed by atoms with van der Waals surface area (Å²) in [5, 5.41) is 3.55. The Morgan fingerprint density at radius 3 is 2.71 bits per heavy atom. The zero-order chi connectivity index (χ0) is 15.4. The zero-order valence-corrected chi connectivity index (χ0v) is 11.1. The highest BCUT2D eigenvalue weighted by Crippen LogP contribution is 2.13. The predicted molar refractivity (Wildman–Crippen MR) is 67.7 cm³/mol. The molecule has 9 heteroatoms. The van der Waals surface area contributed by atoms with Crippen LogP contribution in [0.25, 0.3) is 0 Å². The normalized spacial score (nSPS) is 10.1. The van der Waals surface area contributed by atoms with Crippen LogP contribution in [-0.2, 0) is 11.3 Å². The lowest BCUT2D eigenvalue weighted by atomic mass is 10.2. The number of benzene rings is 1. The SMILES string of the molecule is CO[n+]1onc(COC(=O)c2ccccc2N)c1C(N)=O. The van der Waals surface area contributed by atoms with Gasteiger partial charge in [0.15, 0.2) is 11.8 Å². The number of nitrogens with zero attached hydrogens (tertiary/aromatic N) is 2. The highest BCUT2D eigenvalue weighted by atomic mass is 16.9. The van der Waals surface area contributed by atoms with Gasteiger partial charge in [-0.2, -0.15) is 0 Å². The lowest BCUT2D eigenvalue weighted by molar-refractivity contribution is -1.02. The number of esters is 1. The van der Waals surface area contributed by atoms with E-state index in [1.807, 2.05) is 0 Å². The third-order valence-electron chi connectivity index (χ3n) is 2.60. The maximum absolute atomic E-state index is 11.9. The van der Waals surface area contributed by atoms with Gasteiger partial charge in [0, 0.05) is 5.69 Å². The number of para-hydroxylation sites is 1. The van der Waals surface area contributed by atoms with E-state index in [4.69, 9.17) is 25.7 Å². The largest absolute Gasteiger partial charge is 0.453 e. The summed E-state index contributed by atoms with van der Waals surface area (Å²) in [7, 11) is 1.26. The zero-order valence-electron chi connectivity index (χ0n) is 11.1. The maximum Gasteiger partial charge on any atom is 0.340 e. The van der Waals surface area contributed by atoms with Gasteiger partial charge in [-0.25, -0.2) is 4.79 Å². The lowest BCUT2D eigenvalue weighted by Crippen LogP contribution is -2.45. The average molecular weight is 293 g/mol. The molecule has 0 saturated carbocycles. The minimum atomic E-state index is -0.830. The Morgan fingerprint density at radius 1 is 1.38 bits per heavy atom.